The lowest BCUT2D eigenvalue weighted by molar-refractivity contribution is -0.118. The third-order valence-corrected chi connectivity index (χ3v) is 3.87. The summed E-state index contributed by atoms with van der Waals surface area (Å²) in [5.41, 5.74) is 8.27. The second-order valence-corrected chi connectivity index (χ2v) is 5.39. The third kappa shape index (κ3) is 3.98. The Morgan fingerprint density at radius 3 is 2.42 bits per heavy atom. The maximum Gasteiger partial charge on any atom is 0.227 e. The molecular formula is C19H24N2O3. The summed E-state index contributed by atoms with van der Waals surface area (Å²) in [5, 5.41) is 0. The van der Waals surface area contributed by atoms with Crippen molar-refractivity contribution in [2.45, 2.75) is 19.8 Å². The molecule has 0 aliphatic heterocycles. The minimum Gasteiger partial charge on any atom is -0.493 e. The van der Waals surface area contributed by atoms with E-state index in [2.05, 4.69) is 0 Å². The smallest absolute Gasteiger partial charge is 0.227 e. The van der Waals surface area contributed by atoms with E-state index < -0.39 is 0 Å². The Kier molecular flexibility index (Phi) is 6.07. The molecule has 2 aromatic rings. The monoisotopic (exact) mass is 328 g/mol. The second-order valence-electron chi connectivity index (χ2n) is 5.39. The number of para-hydroxylation sites is 1. The molecule has 0 aromatic heterocycles. The van der Waals surface area contributed by atoms with Gasteiger partial charge in [-0.05, 0) is 31.5 Å². The van der Waals surface area contributed by atoms with E-state index in [0.717, 1.165) is 11.3 Å². The maximum atomic E-state index is 12.6. The van der Waals surface area contributed by atoms with Gasteiger partial charge in [0.1, 0.15) is 0 Å². The fourth-order valence-corrected chi connectivity index (χ4v) is 2.74. The van der Waals surface area contributed by atoms with Gasteiger partial charge in [0.05, 0.1) is 14.2 Å². The molecule has 0 aliphatic rings. The number of amides is 1. The van der Waals surface area contributed by atoms with Crippen LogP contribution in [0.15, 0.2) is 42.5 Å². The van der Waals surface area contributed by atoms with Gasteiger partial charge in [-0.25, -0.2) is 0 Å². The van der Waals surface area contributed by atoms with E-state index in [-0.39, 0.29) is 5.91 Å². The number of carbonyl (C=O) groups excluding carboxylic acids is 1. The van der Waals surface area contributed by atoms with Gasteiger partial charge in [0.25, 0.3) is 0 Å². The first-order valence-corrected chi connectivity index (χ1v) is 7.96. The van der Waals surface area contributed by atoms with Crippen LogP contribution in [0, 0.1) is 0 Å². The molecule has 0 aliphatic carbocycles. The number of nitrogens with two attached hydrogens (primary N) is 1. The van der Waals surface area contributed by atoms with Gasteiger partial charge < -0.3 is 20.1 Å². The van der Waals surface area contributed by atoms with Crippen LogP contribution in [-0.4, -0.2) is 26.7 Å². The lowest BCUT2D eigenvalue weighted by Gasteiger charge is -2.21. The Morgan fingerprint density at radius 2 is 1.83 bits per heavy atom. The topological polar surface area (TPSA) is 64.8 Å². The van der Waals surface area contributed by atoms with Crippen LogP contribution in [-0.2, 0) is 11.2 Å². The van der Waals surface area contributed by atoms with Crippen molar-refractivity contribution in [2.75, 3.05) is 31.4 Å². The first-order chi connectivity index (χ1) is 11.6. The van der Waals surface area contributed by atoms with E-state index in [1.807, 2.05) is 43.3 Å². The SMILES string of the molecule is CCN(C(=O)CCc1cc(N)cc(OC)c1OC)c1ccccc1. The van der Waals surface area contributed by atoms with Crippen molar-refractivity contribution in [3.8, 4) is 11.5 Å². The molecular weight excluding hydrogens is 304 g/mol. The van der Waals surface area contributed by atoms with Crippen LogP contribution in [0.5, 0.6) is 11.5 Å². The zero-order valence-electron chi connectivity index (χ0n) is 14.4. The maximum absolute atomic E-state index is 12.6. The van der Waals surface area contributed by atoms with Crippen molar-refractivity contribution in [1.29, 1.82) is 0 Å². The zero-order valence-corrected chi connectivity index (χ0v) is 14.4. The van der Waals surface area contributed by atoms with Crippen molar-refractivity contribution in [3.63, 3.8) is 0 Å². The minimum absolute atomic E-state index is 0.0622. The highest BCUT2D eigenvalue weighted by Gasteiger charge is 2.17. The standard InChI is InChI=1S/C19H24N2O3/c1-4-21(16-8-6-5-7-9-16)18(22)11-10-14-12-15(20)13-17(23-2)19(14)24-3/h5-9,12-13H,4,10-11,20H2,1-3H3. The van der Waals surface area contributed by atoms with Gasteiger partial charge in [0.2, 0.25) is 5.91 Å². The number of carbonyl (C=O) groups is 1. The largest absolute Gasteiger partial charge is 0.493 e. The lowest BCUT2D eigenvalue weighted by Crippen LogP contribution is -2.30. The van der Waals surface area contributed by atoms with Crippen molar-refractivity contribution in [3.05, 3.63) is 48.0 Å². The fourth-order valence-electron chi connectivity index (χ4n) is 2.74. The van der Waals surface area contributed by atoms with Gasteiger partial charge in [-0.1, -0.05) is 18.2 Å². The summed E-state index contributed by atoms with van der Waals surface area (Å²) in [5.74, 6) is 1.27. The molecule has 0 atom stereocenters. The average Bonchev–Trinajstić information content (AvgIpc) is 2.60. The third-order valence-electron chi connectivity index (χ3n) is 3.87. The quantitative estimate of drug-likeness (QED) is 0.792. The molecule has 0 heterocycles. The Morgan fingerprint density at radius 1 is 1.12 bits per heavy atom. The highest BCUT2D eigenvalue weighted by atomic mass is 16.5. The molecule has 5 heteroatoms. The Bertz CT molecular complexity index is 687. The Labute approximate surface area is 143 Å². The number of benzene rings is 2. The van der Waals surface area contributed by atoms with Gasteiger partial charge in [0, 0.05) is 36.0 Å². The number of aryl methyl sites for hydroxylation is 1. The van der Waals surface area contributed by atoms with Gasteiger partial charge >= 0.3 is 0 Å². The van der Waals surface area contributed by atoms with Crippen LogP contribution in [0.1, 0.15) is 18.9 Å². The average molecular weight is 328 g/mol. The van der Waals surface area contributed by atoms with Crippen LogP contribution in [0.3, 0.4) is 0 Å². The molecule has 24 heavy (non-hydrogen) atoms. The number of anilines is 2. The highest BCUT2D eigenvalue weighted by molar-refractivity contribution is 5.93. The molecule has 0 unspecified atom stereocenters. The van der Waals surface area contributed by atoms with Gasteiger partial charge in [-0.3, -0.25) is 4.79 Å². The summed E-state index contributed by atoms with van der Waals surface area (Å²) < 4.78 is 10.7. The van der Waals surface area contributed by atoms with Gasteiger partial charge in [-0.2, -0.15) is 0 Å². The predicted octanol–water partition coefficient (Wildman–Crippen LogP) is 3.27. The first kappa shape index (κ1) is 17.7. The summed E-state index contributed by atoms with van der Waals surface area (Å²) in [6.07, 6.45) is 0.901. The lowest BCUT2D eigenvalue weighted by atomic mass is 10.1. The highest BCUT2D eigenvalue weighted by Crippen LogP contribution is 2.34. The van der Waals surface area contributed by atoms with E-state index >= 15 is 0 Å². The molecule has 0 saturated carbocycles. The number of hydrogen-bond acceptors (Lipinski definition) is 4. The Balaban J connectivity index is 2.15. The van der Waals surface area contributed by atoms with Crippen LogP contribution < -0.4 is 20.1 Å². The van der Waals surface area contributed by atoms with E-state index in [4.69, 9.17) is 15.2 Å². The second kappa shape index (κ2) is 8.24. The van der Waals surface area contributed by atoms with E-state index in [1.54, 1.807) is 25.2 Å². The number of nitrogen functional groups attached to an aromatic ring is 1. The number of methoxy groups -OCH3 is 2. The molecule has 0 spiro atoms. The van der Waals surface area contributed by atoms with Crippen molar-refractivity contribution in [2.24, 2.45) is 0 Å². The zero-order chi connectivity index (χ0) is 17.5. The molecule has 5 nitrogen and oxygen atoms in total. The molecule has 0 fully saturated rings. The number of hydrogen-bond donors (Lipinski definition) is 1. The summed E-state index contributed by atoms with van der Waals surface area (Å²) in [7, 11) is 3.15. The summed E-state index contributed by atoms with van der Waals surface area (Å²) in [6.45, 7) is 2.59. The number of nitrogens with zero attached hydrogens (tertiary/aromatic N) is 1. The molecule has 0 bridgehead atoms. The molecule has 0 saturated heterocycles. The van der Waals surface area contributed by atoms with Crippen LogP contribution >= 0.6 is 0 Å². The van der Waals surface area contributed by atoms with Crippen molar-refractivity contribution in [1.82, 2.24) is 0 Å². The fraction of sp³-hybridized carbons (Fsp3) is 0.316. The summed E-state index contributed by atoms with van der Waals surface area (Å²) in [4.78, 5) is 14.4. The van der Waals surface area contributed by atoms with Crippen LogP contribution in [0.2, 0.25) is 0 Å². The molecule has 1 amide bonds. The molecule has 128 valence electrons. The van der Waals surface area contributed by atoms with Crippen molar-refractivity contribution < 1.29 is 14.3 Å². The summed E-state index contributed by atoms with van der Waals surface area (Å²) >= 11 is 0. The van der Waals surface area contributed by atoms with E-state index in [1.165, 1.54) is 0 Å². The predicted molar refractivity (Wildman–Crippen MR) is 96.7 cm³/mol. The molecule has 2 rings (SSSR count). The number of ether oxygens (including phenoxy) is 2. The van der Waals surface area contributed by atoms with Gasteiger partial charge in [-0.15, -0.1) is 0 Å². The molecule has 0 radical (unpaired) electrons. The Hall–Kier alpha value is -2.69. The van der Waals surface area contributed by atoms with Crippen molar-refractivity contribution >= 4 is 17.3 Å². The first-order valence-electron chi connectivity index (χ1n) is 7.96. The normalized spacial score (nSPS) is 10.3. The van der Waals surface area contributed by atoms with E-state index in [0.29, 0.717) is 36.6 Å². The molecule has 2 N–H and O–H groups in total. The van der Waals surface area contributed by atoms with Gasteiger partial charge in [0.15, 0.2) is 11.5 Å². The van der Waals surface area contributed by atoms with Crippen LogP contribution in [0.4, 0.5) is 11.4 Å². The van der Waals surface area contributed by atoms with Crippen LogP contribution in [0.25, 0.3) is 0 Å². The molecule has 2 aromatic carbocycles. The number of rotatable bonds is 7. The minimum atomic E-state index is 0.0622. The van der Waals surface area contributed by atoms with E-state index in [9.17, 15) is 4.79 Å². The summed E-state index contributed by atoms with van der Waals surface area (Å²) in [6, 6.07) is 13.2.